The fraction of sp³-hybridized carbons (Fsp3) is 0.895. The second kappa shape index (κ2) is 16.7. The first-order valence-corrected chi connectivity index (χ1v) is 9.65. The second-order valence-corrected chi connectivity index (χ2v) is 6.52. The molecule has 0 saturated heterocycles. The molecule has 0 saturated carbocycles. The van der Waals surface area contributed by atoms with Crippen molar-refractivity contribution >= 4 is 11.9 Å². The molecular weight excluding hydrogens is 308 g/mol. The molecule has 5 heteroatoms. The van der Waals surface area contributed by atoms with E-state index in [2.05, 4.69) is 6.92 Å². The maximum absolute atomic E-state index is 11.6. The fourth-order valence-corrected chi connectivity index (χ4v) is 2.62. The van der Waals surface area contributed by atoms with Crippen molar-refractivity contribution in [2.24, 2.45) is 0 Å². The Morgan fingerprint density at radius 2 is 1.29 bits per heavy atom. The summed E-state index contributed by atoms with van der Waals surface area (Å²) < 4.78 is 4.99. The average Bonchev–Trinajstić information content (AvgIpc) is 2.52. The normalized spacial score (nSPS) is 12.1. The number of hydrogen-bond donors (Lipinski definition) is 2. The zero-order valence-electron chi connectivity index (χ0n) is 15.3. The van der Waals surface area contributed by atoms with Gasteiger partial charge in [0.1, 0.15) is 0 Å². The number of aliphatic hydroxyl groups is 1. The highest BCUT2D eigenvalue weighted by Crippen LogP contribution is 2.12. The van der Waals surface area contributed by atoms with E-state index in [0.717, 1.165) is 38.5 Å². The summed E-state index contributed by atoms with van der Waals surface area (Å²) in [5, 5.41) is 18.2. The van der Waals surface area contributed by atoms with Gasteiger partial charge in [0.2, 0.25) is 6.29 Å². The summed E-state index contributed by atoms with van der Waals surface area (Å²) in [6.07, 6.45) is 12.4. The van der Waals surface area contributed by atoms with Crippen LogP contribution in [0.2, 0.25) is 0 Å². The highest BCUT2D eigenvalue weighted by molar-refractivity contribution is 5.69. The zero-order chi connectivity index (χ0) is 18.0. The third-order valence-corrected chi connectivity index (χ3v) is 4.09. The molecule has 0 aromatic rings. The predicted octanol–water partition coefficient (Wildman–Crippen LogP) is 4.80. The molecule has 1 unspecified atom stereocenters. The number of ether oxygens (including phenoxy) is 1. The van der Waals surface area contributed by atoms with E-state index < -0.39 is 12.3 Å². The summed E-state index contributed by atoms with van der Waals surface area (Å²) in [4.78, 5) is 21.9. The molecule has 0 fully saturated rings. The highest BCUT2D eigenvalue weighted by atomic mass is 16.6. The third kappa shape index (κ3) is 17.3. The smallest absolute Gasteiger partial charge is 0.308 e. The van der Waals surface area contributed by atoms with Crippen molar-refractivity contribution in [2.45, 2.75) is 110 Å². The van der Waals surface area contributed by atoms with E-state index in [1.807, 2.05) is 0 Å². The van der Waals surface area contributed by atoms with Crippen molar-refractivity contribution in [3.05, 3.63) is 0 Å². The molecule has 0 aliphatic rings. The van der Waals surface area contributed by atoms with E-state index in [9.17, 15) is 14.7 Å². The number of rotatable bonds is 17. The summed E-state index contributed by atoms with van der Waals surface area (Å²) in [6, 6.07) is 0. The topological polar surface area (TPSA) is 83.8 Å². The molecular formula is C19H36O5. The zero-order valence-corrected chi connectivity index (χ0v) is 15.3. The number of carboxylic acid groups (broad SMARTS) is 1. The SMILES string of the molecule is CCCCCCCCCC(O)OC(=O)CCCCCCCC(=O)O. The molecule has 2 N–H and O–H groups in total. The van der Waals surface area contributed by atoms with Crippen LogP contribution in [-0.2, 0) is 14.3 Å². The molecule has 0 aromatic heterocycles. The number of carbonyl (C=O) groups is 2. The van der Waals surface area contributed by atoms with Gasteiger partial charge in [0.05, 0.1) is 0 Å². The van der Waals surface area contributed by atoms with E-state index in [1.165, 1.54) is 32.1 Å². The minimum Gasteiger partial charge on any atom is -0.481 e. The van der Waals surface area contributed by atoms with Crippen molar-refractivity contribution in [2.75, 3.05) is 0 Å². The van der Waals surface area contributed by atoms with E-state index in [-0.39, 0.29) is 12.4 Å². The average molecular weight is 344 g/mol. The first kappa shape index (κ1) is 22.9. The van der Waals surface area contributed by atoms with Crippen LogP contribution in [-0.4, -0.2) is 28.4 Å². The highest BCUT2D eigenvalue weighted by Gasteiger charge is 2.10. The van der Waals surface area contributed by atoms with Gasteiger partial charge in [-0.15, -0.1) is 0 Å². The van der Waals surface area contributed by atoms with Crippen LogP contribution in [0.3, 0.4) is 0 Å². The van der Waals surface area contributed by atoms with Crippen LogP contribution in [0.5, 0.6) is 0 Å². The van der Waals surface area contributed by atoms with E-state index in [4.69, 9.17) is 9.84 Å². The second-order valence-electron chi connectivity index (χ2n) is 6.52. The van der Waals surface area contributed by atoms with Crippen LogP contribution in [0.4, 0.5) is 0 Å². The Morgan fingerprint density at radius 1 is 0.792 bits per heavy atom. The molecule has 0 rings (SSSR count). The minimum absolute atomic E-state index is 0.215. The Hall–Kier alpha value is -1.10. The van der Waals surface area contributed by atoms with Gasteiger partial charge in [0.25, 0.3) is 0 Å². The number of esters is 1. The monoisotopic (exact) mass is 344 g/mol. The molecule has 1 atom stereocenters. The molecule has 0 aliphatic heterocycles. The van der Waals surface area contributed by atoms with Gasteiger partial charge < -0.3 is 14.9 Å². The molecule has 0 aliphatic carbocycles. The Labute approximate surface area is 146 Å². The van der Waals surface area contributed by atoms with Crippen molar-refractivity contribution in [1.82, 2.24) is 0 Å². The van der Waals surface area contributed by atoms with Gasteiger partial charge in [-0.2, -0.15) is 0 Å². The number of aliphatic carboxylic acids is 1. The molecule has 0 heterocycles. The molecule has 0 aromatic carbocycles. The Kier molecular flexibility index (Phi) is 16.0. The number of hydrogen-bond acceptors (Lipinski definition) is 4. The van der Waals surface area contributed by atoms with Crippen LogP contribution in [0.15, 0.2) is 0 Å². The predicted molar refractivity (Wildman–Crippen MR) is 94.7 cm³/mol. The van der Waals surface area contributed by atoms with Gasteiger partial charge in [-0.1, -0.05) is 64.7 Å². The van der Waals surface area contributed by atoms with Crippen molar-refractivity contribution in [3.63, 3.8) is 0 Å². The summed E-state index contributed by atoms with van der Waals surface area (Å²) in [5.74, 6) is -1.09. The van der Waals surface area contributed by atoms with Gasteiger partial charge in [-0.3, -0.25) is 9.59 Å². The lowest BCUT2D eigenvalue weighted by molar-refractivity contribution is -0.169. The van der Waals surface area contributed by atoms with Gasteiger partial charge >= 0.3 is 11.9 Å². The Balaban J connectivity index is 3.38. The number of carbonyl (C=O) groups excluding carboxylic acids is 1. The summed E-state index contributed by atoms with van der Waals surface area (Å²) >= 11 is 0. The van der Waals surface area contributed by atoms with Crippen molar-refractivity contribution in [3.8, 4) is 0 Å². The molecule has 0 radical (unpaired) electrons. The molecule has 142 valence electrons. The summed E-state index contributed by atoms with van der Waals surface area (Å²) in [7, 11) is 0. The van der Waals surface area contributed by atoms with Gasteiger partial charge in [-0.05, 0) is 19.3 Å². The number of unbranched alkanes of at least 4 members (excludes halogenated alkanes) is 10. The van der Waals surface area contributed by atoms with E-state index in [1.54, 1.807) is 0 Å². The first-order chi connectivity index (χ1) is 11.6. The van der Waals surface area contributed by atoms with Crippen LogP contribution < -0.4 is 0 Å². The molecule has 24 heavy (non-hydrogen) atoms. The standard InChI is InChI=1S/C19H36O5/c1-2-3-4-5-6-9-12-15-18(22)24-19(23)16-13-10-7-8-11-14-17(20)21/h18,22H,2-16H2,1H3,(H,20,21). The maximum Gasteiger partial charge on any atom is 0.308 e. The van der Waals surface area contributed by atoms with Gasteiger partial charge in [0, 0.05) is 19.3 Å². The Morgan fingerprint density at radius 3 is 1.88 bits per heavy atom. The quantitative estimate of drug-likeness (QED) is 0.225. The van der Waals surface area contributed by atoms with Gasteiger partial charge in [0.15, 0.2) is 0 Å². The first-order valence-electron chi connectivity index (χ1n) is 9.65. The van der Waals surface area contributed by atoms with Crippen LogP contribution in [0, 0.1) is 0 Å². The summed E-state index contributed by atoms with van der Waals surface area (Å²) in [6.45, 7) is 2.20. The van der Waals surface area contributed by atoms with Crippen LogP contribution in [0.1, 0.15) is 103 Å². The molecule has 5 nitrogen and oxygen atoms in total. The minimum atomic E-state index is -0.969. The van der Waals surface area contributed by atoms with Crippen molar-refractivity contribution < 1.29 is 24.5 Å². The molecule has 0 spiro atoms. The lowest BCUT2D eigenvalue weighted by Crippen LogP contribution is -2.17. The molecule has 0 bridgehead atoms. The lowest BCUT2D eigenvalue weighted by Gasteiger charge is -2.12. The third-order valence-electron chi connectivity index (χ3n) is 4.09. The number of carboxylic acids is 1. The van der Waals surface area contributed by atoms with Gasteiger partial charge in [-0.25, -0.2) is 0 Å². The van der Waals surface area contributed by atoms with E-state index in [0.29, 0.717) is 19.3 Å². The fourth-order valence-electron chi connectivity index (χ4n) is 2.62. The molecule has 0 amide bonds. The van der Waals surface area contributed by atoms with E-state index >= 15 is 0 Å². The van der Waals surface area contributed by atoms with Crippen molar-refractivity contribution in [1.29, 1.82) is 0 Å². The largest absolute Gasteiger partial charge is 0.481 e. The summed E-state index contributed by atoms with van der Waals surface area (Å²) in [5.41, 5.74) is 0. The Bertz CT molecular complexity index is 317. The lowest BCUT2D eigenvalue weighted by atomic mass is 10.1. The van der Waals surface area contributed by atoms with Crippen LogP contribution in [0.25, 0.3) is 0 Å². The van der Waals surface area contributed by atoms with Crippen LogP contribution >= 0.6 is 0 Å². The number of aliphatic hydroxyl groups excluding tert-OH is 1. The maximum atomic E-state index is 11.6.